The van der Waals surface area contributed by atoms with Gasteiger partial charge in [-0.25, -0.2) is 0 Å². The molecule has 0 heterocycles. The fourth-order valence-electron chi connectivity index (χ4n) is 1.64. The summed E-state index contributed by atoms with van der Waals surface area (Å²) in [6, 6.07) is 0. The van der Waals surface area contributed by atoms with Gasteiger partial charge in [0, 0.05) is 0 Å². The molecule has 1 rings (SSSR count). The van der Waals surface area contributed by atoms with Crippen molar-refractivity contribution in [2.45, 2.75) is 39.7 Å². The molecule has 2 unspecified atom stereocenters. The van der Waals surface area contributed by atoms with Crippen molar-refractivity contribution >= 4 is 11.6 Å². The molecule has 1 aliphatic carbocycles. The molecule has 0 aromatic heterocycles. The van der Waals surface area contributed by atoms with E-state index in [0.717, 1.165) is 25.0 Å². The number of allylic oxidation sites excluding steroid dienone is 2. The van der Waals surface area contributed by atoms with Gasteiger partial charge >= 0.3 is 0 Å². The number of ether oxygens (including phenoxy) is 1. The minimum absolute atomic E-state index is 0.213. The smallest absolute Gasteiger partial charge is 0.224 e. The predicted molar refractivity (Wildman–Crippen MR) is 63.4 cm³/mol. The molecule has 1 N–H and O–H groups in total. The highest BCUT2D eigenvalue weighted by atomic mass is 16.5. The molecule has 0 saturated heterocycles. The zero-order valence-corrected chi connectivity index (χ0v) is 10.4. The standard InChI is InChI=1S/C13H18O4/c1-4-5-8(2)9(3)17-13-11(15)7-6-10(14)12(13)16/h6-9,16H,4-5H2,1-3H3. The summed E-state index contributed by atoms with van der Waals surface area (Å²) in [6.07, 6.45) is 3.94. The lowest BCUT2D eigenvalue weighted by atomic mass is 10.0. The number of aliphatic hydroxyl groups is 1. The zero-order chi connectivity index (χ0) is 13.0. The Bertz CT molecular complexity index is 379. The number of rotatable bonds is 5. The maximum atomic E-state index is 11.5. The SMILES string of the molecule is CCCC(C)C(C)OC1=C(O)C(=O)C=CC1=O. The lowest BCUT2D eigenvalue weighted by molar-refractivity contribution is -0.120. The van der Waals surface area contributed by atoms with E-state index >= 15 is 0 Å². The Balaban J connectivity index is 2.76. The number of hydrogen-bond donors (Lipinski definition) is 1. The zero-order valence-electron chi connectivity index (χ0n) is 10.4. The van der Waals surface area contributed by atoms with E-state index in [9.17, 15) is 14.7 Å². The first-order valence-corrected chi connectivity index (χ1v) is 5.84. The van der Waals surface area contributed by atoms with Gasteiger partial charge in [-0.1, -0.05) is 20.3 Å². The largest absolute Gasteiger partial charge is 0.501 e. The van der Waals surface area contributed by atoms with Crippen molar-refractivity contribution in [3.63, 3.8) is 0 Å². The van der Waals surface area contributed by atoms with Crippen molar-refractivity contribution in [3.05, 3.63) is 23.7 Å². The van der Waals surface area contributed by atoms with Crippen molar-refractivity contribution in [3.8, 4) is 0 Å². The molecule has 0 amide bonds. The first-order valence-electron chi connectivity index (χ1n) is 5.84. The molecule has 0 aromatic carbocycles. The summed E-state index contributed by atoms with van der Waals surface area (Å²) in [5.41, 5.74) is 0. The van der Waals surface area contributed by atoms with Gasteiger partial charge in [0.15, 0.2) is 0 Å². The van der Waals surface area contributed by atoms with Crippen molar-refractivity contribution < 1.29 is 19.4 Å². The first kappa shape index (κ1) is 13.5. The van der Waals surface area contributed by atoms with Crippen LogP contribution in [0.1, 0.15) is 33.6 Å². The second kappa shape index (κ2) is 5.66. The summed E-state index contributed by atoms with van der Waals surface area (Å²) in [7, 11) is 0. The van der Waals surface area contributed by atoms with Gasteiger partial charge in [-0.15, -0.1) is 0 Å². The molecule has 17 heavy (non-hydrogen) atoms. The molecule has 4 nitrogen and oxygen atoms in total. The summed E-state index contributed by atoms with van der Waals surface area (Å²) in [4.78, 5) is 22.7. The van der Waals surface area contributed by atoms with Gasteiger partial charge in [0.2, 0.25) is 23.1 Å². The Morgan fingerprint density at radius 2 is 1.82 bits per heavy atom. The number of hydrogen-bond acceptors (Lipinski definition) is 4. The van der Waals surface area contributed by atoms with Crippen LogP contribution in [0.5, 0.6) is 0 Å². The van der Waals surface area contributed by atoms with Crippen LogP contribution >= 0.6 is 0 Å². The van der Waals surface area contributed by atoms with E-state index in [4.69, 9.17) is 4.74 Å². The topological polar surface area (TPSA) is 63.6 Å². The molecule has 0 saturated carbocycles. The quantitative estimate of drug-likeness (QED) is 0.746. The summed E-state index contributed by atoms with van der Waals surface area (Å²) in [5.74, 6) is -1.61. The highest BCUT2D eigenvalue weighted by molar-refractivity contribution is 6.18. The fourth-order valence-corrected chi connectivity index (χ4v) is 1.64. The average Bonchev–Trinajstić information content (AvgIpc) is 2.29. The lowest BCUT2D eigenvalue weighted by Crippen LogP contribution is -2.24. The Morgan fingerprint density at radius 1 is 1.24 bits per heavy atom. The Kier molecular flexibility index (Phi) is 4.49. The van der Waals surface area contributed by atoms with E-state index in [1.807, 2.05) is 13.8 Å². The fraction of sp³-hybridized carbons (Fsp3) is 0.538. The van der Waals surface area contributed by atoms with Crippen LogP contribution in [0, 0.1) is 5.92 Å². The van der Waals surface area contributed by atoms with E-state index in [1.54, 1.807) is 0 Å². The minimum Gasteiger partial charge on any atom is -0.501 e. The number of ketones is 2. The van der Waals surface area contributed by atoms with Gasteiger partial charge in [0.25, 0.3) is 0 Å². The van der Waals surface area contributed by atoms with Crippen LogP contribution in [0.4, 0.5) is 0 Å². The van der Waals surface area contributed by atoms with Crippen molar-refractivity contribution in [2.75, 3.05) is 0 Å². The molecule has 0 fully saturated rings. The summed E-state index contributed by atoms with van der Waals surface area (Å²) in [5, 5.41) is 9.50. The van der Waals surface area contributed by atoms with Crippen molar-refractivity contribution in [1.29, 1.82) is 0 Å². The molecule has 1 aliphatic rings. The molecular weight excluding hydrogens is 220 g/mol. The van der Waals surface area contributed by atoms with Gasteiger partial charge in [-0.2, -0.15) is 0 Å². The predicted octanol–water partition coefficient (Wildman–Crippen LogP) is 2.31. The molecule has 0 bridgehead atoms. The van der Waals surface area contributed by atoms with Crippen LogP contribution in [-0.2, 0) is 14.3 Å². The Hall–Kier alpha value is -1.58. The van der Waals surface area contributed by atoms with Crippen LogP contribution in [0.2, 0.25) is 0 Å². The van der Waals surface area contributed by atoms with E-state index in [-0.39, 0.29) is 17.8 Å². The molecule has 0 aliphatic heterocycles. The second-order valence-corrected chi connectivity index (χ2v) is 4.33. The molecular formula is C13H18O4. The summed E-state index contributed by atoms with van der Waals surface area (Å²) >= 11 is 0. The maximum Gasteiger partial charge on any atom is 0.224 e. The number of carbonyl (C=O) groups is 2. The second-order valence-electron chi connectivity index (χ2n) is 4.33. The first-order chi connectivity index (χ1) is 7.97. The van der Waals surface area contributed by atoms with Crippen LogP contribution in [0.25, 0.3) is 0 Å². The highest BCUT2D eigenvalue weighted by Crippen LogP contribution is 2.20. The van der Waals surface area contributed by atoms with Crippen LogP contribution in [-0.4, -0.2) is 22.8 Å². The third-order valence-corrected chi connectivity index (χ3v) is 2.91. The minimum atomic E-state index is -0.590. The number of carbonyl (C=O) groups excluding carboxylic acids is 2. The van der Waals surface area contributed by atoms with Gasteiger partial charge < -0.3 is 9.84 Å². The average molecular weight is 238 g/mol. The third-order valence-electron chi connectivity index (χ3n) is 2.91. The normalized spacial score (nSPS) is 19.5. The monoisotopic (exact) mass is 238 g/mol. The van der Waals surface area contributed by atoms with Gasteiger partial charge in [0.1, 0.15) is 0 Å². The molecule has 0 aromatic rings. The van der Waals surface area contributed by atoms with E-state index < -0.39 is 17.3 Å². The Morgan fingerprint density at radius 3 is 2.41 bits per heavy atom. The van der Waals surface area contributed by atoms with Gasteiger partial charge in [-0.05, 0) is 31.4 Å². The van der Waals surface area contributed by atoms with Gasteiger partial charge in [-0.3, -0.25) is 9.59 Å². The summed E-state index contributed by atoms with van der Waals surface area (Å²) < 4.78 is 5.41. The van der Waals surface area contributed by atoms with E-state index in [2.05, 4.69) is 6.92 Å². The highest BCUT2D eigenvalue weighted by Gasteiger charge is 2.26. The van der Waals surface area contributed by atoms with Crippen molar-refractivity contribution in [1.82, 2.24) is 0 Å². The van der Waals surface area contributed by atoms with Crippen LogP contribution < -0.4 is 0 Å². The van der Waals surface area contributed by atoms with Crippen molar-refractivity contribution in [2.24, 2.45) is 5.92 Å². The molecule has 0 radical (unpaired) electrons. The summed E-state index contributed by atoms with van der Waals surface area (Å²) in [6.45, 7) is 5.91. The molecule has 4 heteroatoms. The molecule has 0 spiro atoms. The van der Waals surface area contributed by atoms with E-state index in [0.29, 0.717) is 0 Å². The lowest BCUT2D eigenvalue weighted by Gasteiger charge is -2.22. The van der Waals surface area contributed by atoms with Crippen LogP contribution in [0.15, 0.2) is 23.7 Å². The van der Waals surface area contributed by atoms with Crippen LogP contribution in [0.3, 0.4) is 0 Å². The molecule has 2 atom stereocenters. The maximum absolute atomic E-state index is 11.5. The molecule has 94 valence electrons. The Labute approximate surface area is 101 Å². The third kappa shape index (κ3) is 3.19. The van der Waals surface area contributed by atoms with Gasteiger partial charge in [0.05, 0.1) is 6.10 Å². The van der Waals surface area contributed by atoms with E-state index in [1.165, 1.54) is 0 Å². The number of aliphatic hydroxyl groups excluding tert-OH is 1.